The van der Waals surface area contributed by atoms with Gasteiger partial charge in [-0.1, -0.05) is 75.7 Å². The molecule has 0 aliphatic carbocycles. The largest absolute Gasteiger partial charge is 0.386 e. The Balaban J connectivity index is 1.98. The molecule has 2 nitrogen and oxygen atoms in total. The van der Waals surface area contributed by atoms with Crippen LogP contribution in [0, 0.1) is 0 Å². The molecule has 2 aromatic carbocycles. The van der Waals surface area contributed by atoms with Crippen molar-refractivity contribution >= 4 is 28.2 Å². The van der Waals surface area contributed by atoms with Crippen molar-refractivity contribution in [1.82, 2.24) is 0 Å². The summed E-state index contributed by atoms with van der Waals surface area (Å²) in [5, 5.41) is 4.08. The van der Waals surface area contributed by atoms with Crippen molar-refractivity contribution in [3.63, 3.8) is 0 Å². The summed E-state index contributed by atoms with van der Waals surface area (Å²) in [5.74, 6) is 0. The third-order valence-corrected chi connectivity index (χ3v) is 3.58. The van der Waals surface area contributed by atoms with E-state index in [9.17, 15) is 0 Å². The second-order valence-electron chi connectivity index (χ2n) is 5.19. The van der Waals surface area contributed by atoms with Crippen molar-refractivity contribution in [1.29, 1.82) is 0 Å². The highest BCUT2D eigenvalue weighted by Crippen LogP contribution is 2.16. The fraction of sp³-hybridized carbons (Fsp3) is 0.167. The van der Waals surface area contributed by atoms with Crippen LogP contribution >= 0.6 is 15.9 Å². The first-order valence-corrected chi connectivity index (χ1v) is 7.56. The summed E-state index contributed by atoms with van der Waals surface area (Å²) in [6, 6.07) is 18.0. The number of oxime groups is 1. The second-order valence-corrected chi connectivity index (χ2v) is 6.05. The van der Waals surface area contributed by atoms with Gasteiger partial charge >= 0.3 is 0 Å². The summed E-state index contributed by atoms with van der Waals surface area (Å²) in [6.45, 7) is 3.95. The summed E-state index contributed by atoms with van der Waals surface area (Å²) in [4.78, 5) is 5.57. The Labute approximate surface area is 134 Å². The van der Waals surface area contributed by atoms with E-state index in [-0.39, 0.29) is 0 Å². The quantitative estimate of drug-likeness (QED) is 0.533. The Hall–Kier alpha value is -1.87. The molecule has 0 atom stereocenters. The Morgan fingerprint density at radius 2 is 1.67 bits per heavy atom. The zero-order valence-electron chi connectivity index (χ0n) is 12.2. The smallest absolute Gasteiger partial charge is 0.150 e. The molecule has 2 aromatic rings. The lowest BCUT2D eigenvalue weighted by Crippen LogP contribution is -2.18. The number of hydrogen-bond donors (Lipinski definition) is 0. The van der Waals surface area contributed by atoms with Gasteiger partial charge < -0.3 is 4.84 Å². The number of benzene rings is 2. The number of hydrogen-bond acceptors (Lipinski definition) is 2. The van der Waals surface area contributed by atoms with Gasteiger partial charge in [-0.15, -0.1) is 0 Å². The van der Waals surface area contributed by atoms with Crippen molar-refractivity contribution in [2.24, 2.45) is 5.16 Å². The Morgan fingerprint density at radius 3 is 2.38 bits per heavy atom. The molecule has 0 saturated heterocycles. The number of nitrogens with zero attached hydrogens (tertiary/aromatic N) is 1. The van der Waals surface area contributed by atoms with Crippen LogP contribution in [0.1, 0.15) is 25.0 Å². The summed E-state index contributed by atoms with van der Waals surface area (Å²) in [7, 11) is 0. The molecule has 0 fully saturated rings. The lowest BCUT2D eigenvalue weighted by Gasteiger charge is -2.17. The van der Waals surface area contributed by atoms with E-state index in [1.807, 2.05) is 68.5 Å². The van der Waals surface area contributed by atoms with Crippen LogP contribution in [0.25, 0.3) is 6.08 Å². The monoisotopic (exact) mass is 343 g/mol. The normalized spacial score (nSPS) is 12.1. The van der Waals surface area contributed by atoms with E-state index in [1.54, 1.807) is 6.21 Å². The lowest BCUT2D eigenvalue weighted by molar-refractivity contribution is 0.0259. The third kappa shape index (κ3) is 5.20. The molecule has 0 spiro atoms. The molecule has 0 radical (unpaired) electrons. The minimum absolute atomic E-state index is 0.465. The van der Waals surface area contributed by atoms with Gasteiger partial charge in [-0.2, -0.15) is 0 Å². The Morgan fingerprint density at radius 1 is 1.00 bits per heavy atom. The van der Waals surface area contributed by atoms with E-state index in [1.165, 1.54) is 0 Å². The van der Waals surface area contributed by atoms with E-state index in [2.05, 4.69) is 33.2 Å². The molecule has 0 heterocycles. The van der Waals surface area contributed by atoms with Gasteiger partial charge in [0, 0.05) is 10.0 Å². The van der Waals surface area contributed by atoms with Crippen molar-refractivity contribution in [2.45, 2.75) is 19.4 Å². The van der Waals surface area contributed by atoms with Crippen LogP contribution in [0.5, 0.6) is 0 Å². The van der Waals surface area contributed by atoms with Gasteiger partial charge in [-0.05, 0) is 31.6 Å². The lowest BCUT2D eigenvalue weighted by atomic mass is 10.1. The zero-order chi connectivity index (χ0) is 15.1. The van der Waals surface area contributed by atoms with Crippen LogP contribution < -0.4 is 0 Å². The maximum Gasteiger partial charge on any atom is 0.150 e. The second kappa shape index (κ2) is 7.23. The SMILES string of the molecule is CC(C)(/C=C/c1ccccc1)O/N=C/c1ccccc1Br. The van der Waals surface area contributed by atoms with Crippen LogP contribution in [0.2, 0.25) is 0 Å². The van der Waals surface area contributed by atoms with Crippen LogP contribution in [0.4, 0.5) is 0 Å². The fourth-order valence-electron chi connectivity index (χ4n) is 1.69. The van der Waals surface area contributed by atoms with E-state index < -0.39 is 5.60 Å². The molecule has 21 heavy (non-hydrogen) atoms. The van der Waals surface area contributed by atoms with Gasteiger partial charge in [0.05, 0.1) is 6.21 Å². The van der Waals surface area contributed by atoms with Crippen molar-refractivity contribution < 1.29 is 4.84 Å². The maximum absolute atomic E-state index is 5.57. The topological polar surface area (TPSA) is 21.6 Å². The first-order valence-electron chi connectivity index (χ1n) is 6.77. The highest BCUT2D eigenvalue weighted by molar-refractivity contribution is 9.10. The summed E-state index contributed by atoms with van der Waals surface area (Å²) in [6.07, 6.45) is 5.75. The van der Waals surface area contributed by atoms with E-state index in [0.29, 0.717) is 0 Å². The molecule has 0 aromatic heterocycles. The summed E-state index contributed by atoms with van der Waals surface area (Å²) < 4.78 is 0.995. The maximum atomic E-state index is 5.57. The first kappa shape index (κ1) is 15.5. The molecular formula is C18H18BrNO. The summed E-state index contributed by atoms with van der Waals surface area (Å²) in [5.41, 5.74) is 1.66. The van der Waals surface area contributed by atoms with Crippen molar-refractivity contribution in [3.05, 3.63) is 76.3 Å². The Bertz CT molecular complexity index is 633. The highest BCUT2D eigenvalue weighted by Gasteiger charge is 2.14. The van der Waals surface area contributed by atoms with Crippen LogP contribution in [0.15, 0.2) is 70.3 Å². The van der Waals surface area contributed by atoms with Crippen LogP contribution in [-0.2, 0) is 4.84 Å². The molecule has 0 amide bonds. The molecule has 3 heteroatoms. The van der Waals surface area contributed by atoms with E-state index in [0.717, 1.165) is 15.6 Å². The predicted octanol–water partition coefficient (Wildman–Crippen LogP) is 5.29. The van der Waals surface area contributed by atoms with Gasteiger partial charge in [-0.3, -0.25) is 0 Å². The minimum Gasteiger partial charge on any atom is -0.386 e. The van der Waals surface area contributed by atoms with E-state index in [4.69, 9.17) is 4.84 Å². The molecule has 0 N–H and O–H groups in total. The fourth-order valence-corrected chi connectivity index (χ4v) is 2.08. The molecule has 0 unspecified atom stereocenters. The standard InChI is InChI=1S/C18H18BrNO/c1-18(2,13-12-15-8-4-3-5-9-15)21-20-14-16-10-6-7-11-17(16)19/h3-14H,1-2H3/b13-12+,20-14+. The van der Waals surface area contributed by atoms with Gasteiger partial charge in [-0.25, -0.2) is 0 Å². The van der Waals surface area contributed by atoms with Gasteiger partial charge in [0.2, 0.25) is 0 Å². The highest BCUT2D eigenvalue weighted by atomic mass is 79.9. The average Bonchev–Trinajstić information content (AvgIpc) is 2.48. The zero-order valence-corrected chi connectivity index (χ0v) is 13.7. The van der Waals surface area contributed by atoms with Gasteiger partial charge in [0.25, 0.3) is 0 Å². The molecule has 0 saturated carbocycles. The van der Waals surface area contributed by atoms with E-state index >= 15 is 0 Å². The van der Waals surface area contributed by atoms with Crippen molar-refractivity contribution in [2.75, 3.05) is 0 Å². The average molecular weight is 344 g/mol. The van der Waals surface area contributed by atoms with Crippen LogP contribution in [0.3, 0.4) is 0 Å². The van der Waals surface area contributed by atoms with Crippen molar-refractivity contribution in [3.8, 4) is 0 Å². The minimum atomic E-state index is -0.465. The third-order valence-electron chi connectivity index (χ3n) is 2.86. The number of rotatable bonds is 5. The number of halogens is 1. The first-order chi connectivity index (χ1) is 10.1. The van der Waals surface area contributed by atoms with Gasteiger partial charge in [0.1, 0.15) is 0 Å². The van der Waals surface area contributed by atoms with Crippen LogP contribution in [-0.4, -0.2) is 11.8 Å². The Kier molecular flexibility index (Phi) is 5.34. The summed E-state index contributed by atoms with van der Waals surface area (Å²) >= 11 is 3.48. The molecule has 0 aliphatic rings. The molecular weight excluding hydrogens is 326 g/mol. The van der Waals surface area contributed by atoms with Gasteiger partial charge in [0.15, 0.2) is 5.60 Å². The molecule has 0 bridgehead atoms. The molecule has 0 aliphatic heterocycles. The molecule has 108 valence electrons. The predicted molar refractivity (Wildman–Crippen MR) is 92.4 cm³/mol. The molecule has 2 rings (SSSR count).